The Kier molecular flexibility index (Phi) is 4.73. The van der Waals surface area contributed by atoms with Crippen molar-refractivity contribution in [2.75, 3.05) is 36.5 Å². The number of anilines is 1. The van der Waals surface area contributed by atoms with Crippen LogP contribution in [0.5, 0.6) is 0 Å². The summed E-state index contributed by atoms with van der Waals surface area (Å²) < 4.78 is 23.2. The number of carbonyl (C=O) groups excluding carboxylic acids is 1. The van der Waals surface area contributed by atoms with Crippen molar-refractivity contribution in [1.29, 1.82) is 0 Å². The summed E-state index contributed by atoms with van der Waals surface area (Å²) in [6, 6.07) is 9.61. The first-order chi connectivity index (χ1) is 11.0. The van der Waals surface area contributed by atoms with Crippen LogP contribution in [0, 0.1) is 5.92 Å². The van der Waals surface area contributed by atoms with E-state index in [9.17, 15) is 13.2 Å². The van der Waals surface area contributed by atoms with E-state index in [1.165, 1.54) is 0 Å². The lowest BCUT2D eigenvalue weighted by Gasteiger charge is -2.37. The molecule has 2 fully saturated rings. The molecular weight excluding hydrogens is 312 g/mol. The lowest BCUT2D eigenvalue weighted by molar-refractivity contribution is -0.125. The predicted molar refractivity (Wildman–Crippen MR) is 91.2 cm³/mol. The average molecular weight is 336 g/mol. The molecule has 2 aliphatic heterocycles. The van der Waals surface area contributed by atoms with Crippen molar-refractivity contribution in [3.05, 3.63) is 30.3 Å². The highest BCUT2D eigenvalue weighted by molar-refractivity contribution is 7.91. The highest BCUT2D eigenvalue weighted by atomic mass is 32.2. The van der Waals surface area contributed by atoms with Crippen LogP contribution in [-0.4, -0.2) is 56.9 Å². The Morgan fingerprint density at radius 2 is 1.96 bits per heavy atom. The Balaban J connectivity index is 1.66. The molecule has 0 radical (unpaired) electrons. The summed E-state index contributed by atoms with van der Waals surface area (Å²) in [5.41, 5.74) is 0.944. The lowest BCUT2D eigenvalue weighted by Crippen LogP contribution is -2.52. The molecule has 0 spiro atoms. The molecule has 2 saturated heterocycles. The smallest absolute Gasteiger partial charge is 0.244 e. The zero-order chi connectivity index (χ0) is 16.4. The third kappa shape index (κ3) is 3.75. The van der Waals surface area contributed by atoms with Gasteiger partial charge in [-0.3, -0.25) is 9.69 Å². The van der Waals surface area contributed by atoms with Crippen LogP contribution in [0.1, 0.15) is 19.3 Å². The molecule has 0 bridgehead atoms. The number of para-hydroxylation sites is 1. The SMILES string of the molecule is CN(CC1CCS(=O)(=O)C1)C1CCCN(c2ccccc2)C1=O. The molecule has 0 saturated carbocycles. The molecule has 3 rings (SSSR count). The number of nitrogens with zero attached hydrogens (tertiary/aromatic N) is 2. The van der Waals surface area contributed by atoms with Gasteiger partial charge in [-0.15, -0.1) is 0 Å². The molecule has 1 aromatic rings. The van der Waals surface area contributed by atoms with Gasteiger partial charge in [0.05, 0.1) is 17.5 Å². The van der Waals surface area contributed by atoms with E-state index in [1.807, 2.05) is 42.3 Å². The fourth-order valence-electron chi connectivity index (χ4n) is 3.68. The second kappa shape index (κ2) is 6.61. The molecule has 1 amide bonds. The molecule has 0 aliphatic carbocycles. The molecule has 5 nitrogen and oxygen atoms in total. The quantitative estimate of drug-likeness (QED) is 0.837. The van der Waals surface area contributed by atoms with Crippen LogP contribution < -0.4 is 4.90 Å². The topological polar surface area (TPSA) is 57.7 Å². The highest BCUT2D eigenvalue weighted by Crippen LogP contribution is 2.25. The van der Waals surface area contributed by atoms with Crippen molar-refractivity contribution in [2.45, 2.75) is 25.3 Å². The molecule has 2 atom stereocenters. The van der Waals surface area contributed by atoms with Crippen LogP contribution in [0.4, 0.5) is 5.69 Å². The van der Waals surface area contributed by atoms with E-state index in [4.69, 9.17) is 0 Å². The van der Waals surface area contributed by atoms with E-state index < -0.39 is 9.84 Å². The van der Waals surface area contributed by atoms with Gasteiger partial charge in [0.25, 0.3) is 0 Å². The maximum Gasteiger partial charge on any atom is 0.244 e. The van der Waals surface area contributed by atoms with Crippen LogP contribution in [-0.2, 0) is 14.6 Å². The number of rotatable bonds is 4. The molecule has 0 aromatic heterocycles. The van der Waals surface area contributed by atoms with E-state index in [-0.39, 0.29) is 23.6 Å². The van der Waals surface area contributed by atoms with Crippen LogP contribution in [0.25, 0.3) is 0 Å². The Hall–Kier alpha value is -1.40. The monoisotopic (exact) mass is 336 g/mol. The summed E-state index contributed by atoms with van der Waals surface area (Å²) in [7, 11) is -0.915. The molecular formula is C17H24N2O3S. The summed E-state index contributed by atoms with van der Waals surface area (Å²) in [6.45, 7) is 1.43. The largest absolute Gasteiger partial charge is 0.311 e. The maximum absolute atomic E-state index is 12.8. The van der Waals surface area contributed by atoms with Crippen molar-refractivity contribution in [2.24, 2.45) is 5.92 Å². The molecule has 1 aromatic carbocycles. The van der Waals surface area contributed by atoms with Crippen LogP contribution in [0.2, 0.25) is 0 Å². The van der Waals surface area contributed by atoms with Gasteiger partial charge in [0, 0.05) is 18.8 Å². The minimum Gasteiger partial charge on any atom is -0.311 e. The molecule has 23 heavy (non-hydrogen) atoms. The molecule has 6 heteroatoms. The maximum atomic E-state index is 12.8. The summed E-state index contributed by atoms with van der Waals surface area (Å²) in [5.74, 6) is 0.844. The predicted octanol–water partition coefficient (Wildman–Crippen LogP) is 1.55. The Morgan fingerprint density at radius 3 is 2.61 bits per heavy atom. The number of carbonyl (C=O) groups is 1. The van der Waals surface area contributed by atoms with Crippen molar-refractivity contribution >= 4 is 21.4 Å². The van der Waals surface area contributed by atoms with Crippen LogP contribution in [0.15, 0.2) is 30.3 Å². The molecule has 2 aliphatic rings. The van der Waals surface area contributed by atoms with Gasteiger partial charge in [-0.25, -0.2) is 8.42 Å². The normalized spacial score (nSPS) is 27.6. The van der Waals surface area contributed by atoms with Gasteiger partial charge >= 0.3 is 0 Å². The van der Waals surface area contributed by atoms with E-state index in [0.29, 0.717) is 12.3 Å². The van der Waals surface area contributed by atoms with Crippen molar-refractivity contribution in [3.63, 3.8) is 0 Å². The zero-order valence-corrected chi connectivity index (χ0v) is 14.3. The summed E-state index contributed by atoms with van der Waals surface area (Å²) in [6.07, 6.45) is 2.53. The van der Waals surface area contributed by atoms with E-state index in [1.54, 1.807) is 0 Å². The third-order valence-corrected chi connectivity index (χ3v) is 6.72. The van der Waals surface area contributed by atoms with Gasteiger partial charge in [-0.2, -0.15) is 0 Å². The summed E-state index contributed by atoms with van der Waals surface area (Å²) >= 11 is 0. The Morgan fingerprint density at radius 1 is 1.22 bits per heavy atom. The van der Waals surface area contributed by atoms with E-state index >= 15 is 0 Å². The van der Waals surface area contributed by atoms with Crippen molar-refractivity contribution < 1.29 is 13.2 Å². The number of sulfone groups is 1. The average Bonchev–Trinajstić information content (AvgIpc) is 2.87. The zero-order valence-electron chi connectivity index (χ0n) is 13.5. The number of hydrogen-bond donors (Lipinski definition) is 0. The molecule has 2 heterocycles. The second-order valence-corrected chi connectivity index (χ2v) is 8.92. The molecule has 126 valence electrons. The van der Waals surface area contributed by atoms with Gasteiger partial charge in [0.1, 0.15) is 0 Å². The van der Waals surface area contributed by atoms with Crippen molar-refractivity contribution in [1.82, 2.24) is 4.90 Å². The number of piperidine rings is 1. The second-order valence-electron chi connectivity index (χ2n) is 6.69. The van der Waals surface area contributed by atoms with Gasteiger partial charge in [0.15, 0.2) is 9.84 Å². The van der Waals surface area contributed by atoms with Gasteiger partial charge in [-0.05, 0) is 44.4 Å². The summed E-state index contributed by atoms with van der Waals surface area (Å²) in [5, 5.41) is 0. The number of likely N-dealkylation sites (N-methyl/N-ethyl adjacent to an activating group) is 1. The minimum absolute atomic E-state index is 0.130. The number of hydrogen-bond acceptors (Lipinski definition) is 4. The first kappa shape index (κ1) is 16.5. The minimum atomic E-state index is -2.86. The molecule has 2 unspecified atom stereocenters. The summed E-state index contributed by atoms with van der Waals surface area (Å²) in [4.78, 5) is 16.8. The van der Waals surface area contributed by atoms with Crippen LogP contribution >= 0.6 is 0 Å². The number of benzene rings is 1. The van der Waals surface area contributed by atoms with E-state index in [0.717, 1.165) is 31.5 Å². The standard InChI is InChI=1S/C17H24N2O3S/c1-18(12-14-9-11-23(21,22)13-14)16-8-5-10-19(17(16)20)15-6-3-2-4-7-15/h2-4,6-7,14,16H,5,8-13H2,1H3. The van der Waals surface area contributed by atoms with Gasteiger partial charge in [-0.1, -0.05) is 18.2 Å². The van der Waals surface area contributed by atoms with Crippen LogP contribution in [0.3, 0.4) is 0 Å². The lowest BCUT2D eigenvalue weighted by atomic mass is 10.0. The first-order valence-corrected chi connectivity index (χ1v) is 10.1. The Labute approximate surface area is 138 Å². The first-order valence-electron chi connectivity index (χ1n) is 8.23. The van der Waals surface area contributed by atoms with Crippen molar-refractivity contribution in [3.8, 4) is 0 Å². The highest BCUT2D eigenvalue weighted by Gasteiger charge is 2.35. The Bertz CT molecular complexity index is 660. The van der Waals surface area contributed by atoms with Gasteiger partial charge in [0.2, 0.25) is 5.91 Å². The third-order valence-electron chi connectivity index (χ3n) is 4.88. The fraction of sp³-hybridized carbons (Fsp3) is 0.588. The van der Waals surface area contributed by atoms with Gasteiger partial charge < -0.3 is 4.90 Å². The van der Waals surface area contributed by atoms with E-state index in [2.05, 4.69) is 4.90 Å². The fourth-order valence-corrected chi connectivity index (χ4v) is 5.53. The number of amides is 1. The molecule has 0 N–H and O–H groups in total.